The Morgan fingerprint density at radius 2 is 2.25 bits per heavy atom. The Labute approximate surface area is 122 Å². The van der Waals surface area contributed by atoms with E-state index in [2.05, 4.69) is 11.1 Å². The van der Waals surface area contributed by atoms with Crippen LogP contribution in [0.15, 0.2) is 29.8 Å². The van der Waals surface area contributed by atoms with Gasteiger partial charge in [-0.1, -0.05) is 18.2 Å². The van der Waals surface area contributed by atoms with Gasteiger partial charge in [-0.15, -0.1) is 11.3 Å². The quantitative estimate of drug-likeness (QED) is 0.853. The molecule has 0 fully saturated rings. The van der Waals surface area contributed by atoms with Crippen LogP contribution in [0.1, 0.15) is 20.9 Å². The molecular formula is C15H16N2O2S. The van der Waals surface area contributed by atoms with Crippen LogP contribution >= 0.6 is 11.3 Å². The number of amides is 1. The molecule has 1 aliphatic rings. The predicted molar refractivity (Wildman–Crippen MR) is 79.5 cm³/mol. The second kappa shape index (κ2) is 5.34. The van der Waals surface area contributed by atoms with Crippen molar-refractivity contribution in [2.45, 2.75) is 19.4 Å². The molecule has 1 aromatic carbocycles. The Bertz CT molecular complexity index is 638. The normalized spacial score (nSPS) is 17.9. The van der Waals surface area contributed by atoms with Gasteiger partial charge in [-0.3, -0.25) is 4.79 Å². The second-order valence-corrected chi connectivity index (χ2v) is 5.73. The van der Waals surface area contributed by atoms with E-state index in [4.69, 9.17) is 4.74 Å². The second-order valence-electron chi connectivity index (χ2n) is 4.87. The molecule has 104 valence electrons. The first-order valence-electron chi connectivity index (χ1n) is 6.53. The van der Waals surface area contributed by atoms with Crippen molar-refractivity contribution < 1.29 is 9.53 Å². The smallest absolute Gasteiger partial charge is 0.270 e. The highest BCUT2D eigenvalue weighted by Gasteiger charge is 2.30. The molecule has 5 heteroatoms. The van der Waals surface area contributed by atoms with E-state index in [0.717, 1.165) is 23.4 Å². The number of ether oxygens (including phenoxy) is 1. The number of thiazole rings is 1. The minimum atomic E-state index is 0.0131. The van der Waals surface area contributed by atoms with E-state index < -0.39 is 0 Å². The third kappa shape index (κ3) is 2.23. The molecule has 0 saturated carbocycles. The summed E-state index contributed by atoms with van der Waals surface area (Å²) in [5.74, 6) is 0.0131. The fourth-order valence-electron chi connectivity index (χ4n) is 2.54. The Hall–Kier alpha value is -1.72. The summed E-state index contributed by atoms with van der Waals surface area (Å²) in [5.41, 5.74) is 4.64. The topological polar surface area (TPSA) is 42.4 Å². The molecule has 20 heavy (non-hydrogen) atoms. The summed E-state index contributed by atoms with van der Waals surface area (Å²) >= 11 is 1.39. The number of anilines is 1. The number of para-hydroxylation sites is 1. The van der Waals surface area contributed by atoms with Crippen LogP contribution in [0.4, 0.5) is 5.69 Å². The molecule has 2 heterocycles. The van der Waals surface area contributed by atoms with E-state index in [-0.39, 0.29) is 12.0 Å². The van der Waals surface area contributed by atoms with Gasteiger partial charge in [0, 0.05) is 19.2 Å². The van der Waals surface area contributed by atoms with E-state index in [1.54, 1.807) is 12.6 Å². The fourth-order valence-corrected chi connectivity index (χ4v) is 3.29. The van der Waals surface area contributed by atoms with Crippen molar-refractivity contribution in [1.82, 2.24) is 4.98 Å². The van der Waals surface area contributed by atoms with Crippen molar-refractivity contribution in [3.05, 3.63) is 45.9 Å². The first kappa shape index (κ1) is 13.3. The molecule has 1 aliphatic heterocycles. The van der Waals surface area contributed by atoms with Gasteiger partial charge in [0.2, 0.25) is 0 Å². The van der Waals surface area contributed by atoms with Crippen LogP contribution < -0.4 is 4.90 Å². The van der Waals surface area contributed by atoms with Gasteiger partial charge < -0.3 is 9.64 Å². The molecule has 0 N–H and O–H groups in total. The van der Waals surface area contributed by atoms with E-state index >= 15 is 0 Å². The molecule has 0 aliphatic carbocycles. The lowest BCUT2D eigenvalue weighted by atomic mass is 9.99. The Morgan fingerprint density at radius 3 is 2.95 bits per heavy atom. The lowest BCUT2D eigenvalue weighted by Crippen LogP contribution is -2.43. The van der Waals surface area contributed by atoms with Crippen molar-refractivity contribution in [3.63, 3.8) is 0 Å². The molecule has 0 spiro atoms. The average Bonchev–Trinajstić information content (AvgIpc) is 2.91. The molecular weight excluding hydrogens is 272 g/mol. The zero-order valence-corrected chi connectivity index (χ0v) is 12.3. The maximum Gasteiger partial charge on any atom is 0.270 e. The highest BCUT2D eigenvalue weighted by atomic mass is 32.1. The van der Waals surface area contributed by atoms with Crippen LogP contribution in [0.3, 0.4) is 0 Å². The number of hydrogen-bond donors (Lipinski definition) is 0. The monoisotopic (exact) mass is 288 g/mol. The highest BCUT2D eigenvalue weighted by molar-refractivity contribution is 7.12. The Kier molecular flexibility index (Phi) is 3.54. The first-order valence-corrected chi connectivity index (χ1v) is 7.41. The number of methoxy groups -OCH3 is 1. The predicted octanol–water partition coefficient (Wildman–Crippen LogP) is 2.67. The van der Waals surface area contributed by atoms with E-state index in [1.807, 2.05) is 30.0 Å². The van der Waals surface area contributed by atoms with Crippen LogP contribution in [0.25, 0.3) is 0 Å². The number of carbonyl (C=O) groups excluding carboxylic acids is 1. The largest absolute Gasteiger partial charge is 0.379 e. The van der Waals surface area contributed by atoms with Gasteiger partial charge in [-0.2, -0.15) is 0 Å². The number of fused-ring (bicyclic) bond motifs is 1. The lowest BCUT2D eigenvalue weighted by Gasteiger charge is -2.33. The third-order valence-electron chi connectivity index (χ3n) is 3.63. The number of aromatic nitrogens is 1. The molecule has 4 nitrogen and oxygen atoms in total. The third-order valence-corrected chi connectivity index (χ3v) is 4.55. The summed E-state index contributed by atoms with van der Waals surface area (Å²) in [4.78, 5) is 19.4. The maximum atomic E-state index is 12.7. The van der Waals surface area contributed by atoms with E-state index in [0.29, 0.717) is 11.4 Å². The van der Waals surface area contributed by atoms with Crippen molar-refractivity contribution in [3.8, 4) is 0 Å². The summed E-state index contributed by atoms with van der Waals surface area (Å²) in [6, 6.07) is 8.01. The lowest BCUT2D eigenvalue weighted by molar-refractivity contribution is 0.0872. The zero-order valence-electron chi connectivity index (χ0n) is 11.5. The molecule has 1 amide bonds. The molecule has 0 radical (unpaired) electrons. The number of aryl methyl sites for hydroxylation is 1. The fraction of sp³-hybridized carbons (Fsp3) is 0.333. The molecule has 2 aromatic rings. The van der Waals surface area contributed by atoms with Crippen LogP contribution in [-0.4, -0.2) is 30.6 Å². The Morgan fingerprint density at radius 1 is 1.45 bits per heavy atom. The van der Waals surface area contributed by atoms with Crippen molar-refractivity contribution >= 4 is 22.9 Å². The number of carbonyl (C=O) groups is 1. The molecule has 1 atom stereocenters. The first-order chi connectivity index (χ1) is 9.70. The van der Waals surface area contributed by atoms with Gasteiger partial charge in [0.15, 0.2) is 0 Å². The standard InChI is InChI=1S/C15H16N2O2S/c1-10-14(20-9-16-10)15(18)17-8-12(19-2)7-11-5-3-4-6-13(11)17/h3-6,9,12H,7-8H2,1-2H3/t12-/m1/s1. The van der Waals surface area contributed by atoms with Gasteiger partial charge in [0.05, 0.1) is 23.9 Å². The highest BCUT2D eigenvalue weighted by Crippen LogP contribution is 2.30. The zero-order chi connectivity index (χ0) is 14.1. The molecule has 1 aromatic heterocycles. The van der Waals surface area contributed by atoms with Gasteiger partial charge in [0.25, 0.3) is 5.91 Å². The number of rotatable bonds is 2. The maximum absolute atomic E-state index is 12.7. The SMILES string of the molecule is CO[C@@H]1Cc2ccccc2N(C(=O)c2scnc2C)C1. The molecule has 3 rings (SSSR count). The van der Waals surface area contributed by atoms with Gasteiger partial charge in [0.1, 0.15) is 4.88 Å². The Balaban J connectivity index is 2.00. The van der Waals surface area contributed by atoms with Crippen molar-refractivity contribution in [1.29, 1.82) is 0 Å². The summed E-state index contributed by atoms with van der Waals surface area (Å²) < 4.78 is 5.47. The van der Waals surface area contributed by atoms with Crippen LogP contribution in [0.2, 0.25) is 0 Å². The minimum Gasteiger partial charge on any atom is -0.379 e. The van der Waals surface area contributed by atoms with Gasteiger partial charge in [-0.05, 0) is 18.6 Å². The van der Waals surface area contributed by atoms with Crippen LogP contribution in [0.5, 0.6) is 0 Å². The summed E-state index contributed by atoms with van der Waals surface area (Å²) in [7, 11) is 1.69. The van der Waals surface area contributed by atoms with Crippen LogP contribution in [0, 0.1) is 6.92 Å². The van der Waals surface area contributed by atoms with Crippen molar-refractivity contribution in [2.75, 3.05) is 18.6 Å². The minimum absolute atomic E-state index is 0.0131. The van der Waals surface area contributed by atoms with Crippen LogP contribution in [-0.2, 0) is 11.2 Å². The summed E-state index contributed by atoms with van der Waals surface area (Å²) in [5, 5.41) is 0. The number of hydrogen-bond acceptors (Lipinski definition) is 4. The van der Waals surface area contributed by atoms with Gasteiger partial charge >= 0.3 is 0 Å². The molecule has 0 saturated heterocycles. The van der Waals surface area contributed by atoms with Crippen molar-refractivity contribution in [2.24, 2.45) is 0 Å². The summed E-state index contributed by atoms with van der Waals surface area (Å²) in [6.07, 6.45) is 0.889. The molecule has 0 unspecified atom stereocenters. The summed E-state index contributed by atoms with van der Waals surface area (Å²) in [6.45, 7) is 2.46. The number of benzene rings is 1. The number of nitrogens with zero attached hydrogens (tertiary/aromatic N) is 2. The van der Waals surface area contributed by atoms with Gasteiger partial charge in [-0.25, -0.2) is 4.98 Å². The van der Waals surface area contributed by atoms with E-state index in [9.17, 15) is 4.79 Å². The van der Waals surface area contributed by atoms with E-state index in [1.165, 1.54) is 11.3 Å². The average molecular weight is 288 g/mol. The molecule has 0 bridgehead atoms.